The van der Waals surface area contributed by atoms with Crippen LogP contribution in [0.25, 0.3) is 5.69 Å². The molecule has 2 aromatic carbocycles. The minimum absolute atomic E-state index is 0.171. The standard InChI is InChI=1S/C22H22FN3O3/c1-3-25(13-16-14-28-20-10-6-7-11-21(20)29-16)22(27)17-12-24-26(15(17)2)19-9-5-4-8-18(19)23/h4-12,16H,3,13-14H2,1-2H3. The Morgan fingerprint density at radius 3 is 2.69 bits per heavy atom. The number of likely N-dealkylation sites (N-methyl/N-ethyl adjacent to an activating group) is 1. The summed E-state index contributed by atoms with van der Waals surface area (Å²) in [5.41, 5.74) is 1.34. The summed E-state index contributed by atoms with van der Waals surface area (Å²) in [6.45, 7) is 4.93. The lowest BCUT2D eigenvalue weighted by molar-refractivity contribution is 0.0474. The van der Waals surface area contributed by atoms with Gasteiger partial charge < -0.3 is 14.4 Å². The van der Waals surface area contributed by atoms with Crippen LogP contribution in [0.5, 0.6) is 11.5 Å². The highest BCUT2D eigenvalue weighted by molar-refractivity contribution is 5.95. The van der Waals surface area contributed by atoms with Crippen molar-refractivity contribution < 1.29 is 18.7 Å². The summed E-state index contributed by atoms with van der Waals surface area (Å²) in [5, 5.41) is 4.23. The average Bonchev–Trinajstić information content (AvgIpc) is 3.13. The number of hydrogen-bond acceptors (Lipinski definition) is 4. The summed E-state index contributed by atoms with van der Waals surface area (Å²) < 4.78 is 27.3. The molecule has 1 aliphatic heterocycles. The van der Waals surface area contributed by atoms with Crippen molar-refractivity contribution in [2.24, 2.45) is 0 Å². The van der Waals surface area contributed by atoms with E-state index < -0.39 is 5.82 Å². The fourth-order valence-electron chi connectivity index (χ4n) is 3.41. The van der Waals surface area contributed by atoms with Crippen LogP contribution in [-0.4, -0.2) is 46.4 Å². The molecular formula is C22H22FN3O3. The van der Waals surface area contributed by atoms with Gasteiger partial charge in [0, 0.05) is 6.54 Å². The van der Waals surface area contributed by atoms with Gasteiger partial charge in [0.25, 0.3) is 5.91 Å². The molecule has 29 heavy (non-hydrogen) atoms. The first-order valence-corrected chi connectivity index (χ1v) is 9.55. The molecule has 0 saturated carbocycles. The summed E-state index contributed by atoms with van der Waals surface area (Å²) in [4.78, 5) is 14.8. The van der Waals surface area contributed by atoms with Crippen LogP contribution in [0.1, 0.15) is 23.0 Å². The fourth-order valence-corrected chi connectivity index (χ4v) is 3.41. The van der Waals surface area contributed by atoms with Gasteiger partial charge in [0.15, 0.2) is 17.6 Å². The zero-order chi connectivity index (χ0) is 20.4. The van der Waals surface area contributed by atoms with Gasteiger partial charge in [-0.15, -0.1) is 0 Å². The monoisotopic (exact) mass is 395 g/mol. The molecule has 0 bridgehead atoms. The lowest BCUT2D eigenvalue weighted by atomic mass is 10.2. The third-order valence-electron chi connectivity index (χ3n) is 4.98. The number of nitrogens with zero attached hydrogens (tertiary/aromatic N) is 3. The molecule has 7 heteroatoms. The second-order valence-corrected chi connectivity index (χ2v) is 6.85. The summed E-state index contributed by atoms with van der Waals surface area (Å²) >= 11 is 0. The predicted molar refractivity (Wildman–Crippen MR) is 106 cm³/mol. The number of carbonyl (C=O) groups excluding carboxylic acids is 1. The zero-order valence-electron chi connectivity index (χ0n) is 16.3. The molecule has 0 aliphatic carbocycles. The Bertz CT molecular complexity index is 1030. The summed E-state index contributed by atoms with van der Waals surface area (Å²) in [6, 6.07) is 13.8. The van der Waals surface area contributed by atoms with Gasteiger partial charge >= 0.3 is 0 Å². The molecule has 0 spiro atoms. The molecular weight excluding hydrogens is 373 g/mol. The number of fused-ring (bicyclic) bond motifs is 1. The SMILES string of the molecule is CCN(CC1COc2ccccc2O1)C(=O)c1cnn(-c2ccccc2F)c1C. The van der Waals surface area contributed by atoms with Crippen molar-refractivity contribution in [3.05, 3.63) is 71.8 Å². The topological polar surface area (TPSA) is 56.6 Å². The molecule has 1 aromatic heterocycles. The Kier molecular flexibility index (Phi) is 5.20. The molecule has 6 nitrogen and oxygen atoms in total. The molecule has 150 valence electrons. The molecule has 4 rings (SSSR count). The molecule has 0 N–H and O–H groups in total. The third-order valence-corrected chi connectivity index (χ3v) is 4.98. The van der Waals surface area contributed by atoms with E-state index in [9.17, 15) is 9.18 Å². The Labute approximate surface area is 168 Å². The Hall–Kier alpha value is -3.35. The van der Waals surface area contributed by atoms with Crippen molar-refractivity contribution in [3.63, 3.8) is 0 Å². The van der Waals surface area contributed by atoms with Gasteiger partial charge in [-0.2, -0.15) is 5.10 Å². The molecule has 1 unspecified atom stereocenters. The van der Waals surface area contributed by atoms with Crippen LogP contribution < -0.4 is 9.47 Å². The zero-order valence-corrected chi connectivity index (χ0v) is 16.3. The number of aromatic nitrogens is 2. The smallest absolute Gasteiger partial charge is 0.257 e. The quantitative estimate of drug-likeness (QED) is 0.662. The predicted octanol–water partition coefficient (Wildman–Crippen LogP) is 3.62. The number of benzene rings is 2. The maximum absolute atomic E-state index is 14.1. The highest BCUT2D eigenvalue weighted by atomic mass is 19.1. The highest BCUT2D eigenvalue weighted by Gasteiger charge is 2.27. The van der Waals surface area contributed by atoms with Gasteiger partial charge in [0.1, 0.15) is 18.1 Å². The molecule has 1 amide bonds. The van der Waals surface area contributed by atoms with E-state index in [0.29, 0.717) is 48.1 Å². The minimum atomic E-state index is -0.392. The molecule has 0 fully saturated rings. The second kappa shape index (κ2) is 7.95. The van der Waals surface area contributed by atoms with Gasteiger partial charge in [-0.05, 0) is 38.1 Å². The third kappa shape index (κ3) is 3.68. The van der Waals surface area contributed by atoms with Gasteiger partial charge in [0.2, 0.25) is 0 Å². The second-order valence-electron chi connectivity index (χ2n) is 6.85. The number of para-hydroxylation sites is 3. The lowest BCUT2D eigenvalue weighted by Crippen LogP contribution is -2.43. The van der Waals surface area contributed by atoms with E-state index in [2.05, 4.69) is 5.10 Å². The van der Waals surface area contributed by atoms with E-state index in [4.69, 9.17) is 9.47 Å². The van der Waals surface area contributed by atoms with Crippen molar-refractivity contribution in [1.82, 2.24) is 14.7 Å². The first-order valence-electron chi connectivity index (χ1n) is 9.55. The molecule has 1 atom stereocenters. The Morgan fingerprint density at radius 1 is 1.21 bits per heavy atom. The number of carbonyl (C=O) groups is 1. The first kappa shape index (κ1) is 19.0. The van der Waals surface area contributed by atoms with Crippen molar-refractivity contribution in [2.45, 2.75) is 20.0 Å². The van der Waals surface area contributed by atoms with Gasteiger partial charge in [-0.25, -0.2) is 9.07 Å². The normalized spacial score (nSPS) is 15.2. The van der Waals surface area contributed by atoms with E-state index in [1.165, 1.54) is 16.9 Å². The molecule has 2 heterocycles. The van der Waals surface area contributed by atoms with E-state index in [1.807, 2.05) is 31.2 Å². The number of rotatable bonds is 5. The number of hydrogen-bond donors (Lipinski definition) is 0. The number of ether oxygens (including phenoxy) is 2. The van der Waals surface area contributed by atoms with Crippen molar-refractivity contribution in [1.29, 1.82) is 0 Å². The number of halogens is 1. The van der Waals surface area contributed by atoms with Crippen molar-refractivity contribution in [3.8, 4) is 17.2 Å². The van der Waals surface area contributed by atoms with Crippen molar-refractivity contribution in [2.75, 3.05) is 19.7 Å². The summed E-state index contributed by atoms with van der Waals surface area (Å²) in [6.07, 6.45) is 1.22. The Morgan fingerprint density at radius 2 is 1.93 bits per heavy atom. The van der Waals surface area contributed by atoms with Crippen LogP contribution in [0.3, 0.4) is 0 Å². The van der Waals surface area contributed by atoms with Crippen LogP contribution >= 0.6 is 0 Å². The summed E-state index contributed by atoms with van der Waals surface area (Å²) in [7, 11) is 0. The maximum Gasteiger partial charge on any atom is 0.257 e. The van der Waals surface area contributed by atoms with Crippen LogP contribution in [0.4, 0.5) is 4.39 Å². The highest BCUT2D eigenvalue weighted by Crippen LogP contribution is 2.31. The van der Waals surface area contributed by atoms with E-state index in [1.54, 1.807) is 30.0 Å². The van der Waals surface area contributed by atoms with E-state index in [-0.39, 0.29) is 12.0 Å². The Balaban J connectivity index is 1.52. The van der Waals surface area contributed by atoms with Crippen LogP contribution in [0, 0.1) is 12.7 Å². The maximum atomic E-state index is 14.1. The fraction of sp³-hybridized carbons (Fsp3) is 0.273. The van der Waals surface area contributed by atoms with E-state index in [0.717, 1.165) is 0 Å². The number of amides is 1. The van der Waals surface area contributed by atoms with Gasteiger partial charge in [0.05, 0.1) is 24.0 Å². The van der Waals surface area contributed by atoms with Gasteiger partial charge in [-0.3, -0.25) is 4.79 Å². The molecule has 1 aliphatic rings. The van der Waals surface area contributed by atoms with Crippen LogP contribution in [0.15, 0.2) is 54.7 Å². The first-order chi connectivity index (χ1) is 14.1. The molecule has 0 saturated heterocycles. The van der Waals surface area contributed by atoms with E-state index >= 15 is 0 Å². The largest absolute Gasteiger partial charge is 0.486 e. The van der Waals surface area contributed by atoms with Crippen LogP contribution in [0.2, 0.25) is 0 Å². The van der Waals surface area contributed by atoms with Crippen molar-refractivity contribution >= 4 is 5.91 Å². The van der Waals surface area contributed by atoms with Crippen LogP contribution in [-0.2, 0) is 0 Å². The van der Waals surface area contributed by atoms with Gasteiger partial charge in [-0.1, -0.05) is 24.3 Å². The average molecular weight is 395 g/mol. The minimum Gasteiger partial charge on any atom is -0.486 e. The molecule has 0 radical (unpaired) electrons. The molecule has 3 aromatic rings. The summed E-state index contributed by atoms with van der Waals surface area (Å²) in [5.74, 6) is 0.822. The lowest BCUT2D eigenvalue weighted by Gasteiger charge is -2.30.